The Kier molecular flexibility index (Phi) is 4.97. The van der Waals surface area contributed by atoms with Gasteiger partial charge in [-0.2, -0.15) is 0 Å². The van der Waals surface area contributed by atoms with E-state index in [0.717, 1.165) is 10.9 Å². The van der Waals surface area contributed by atoms with Crippen molar-refractivity contribution in [2.24, 2.45) is 0 Å². The first-order chi connectivity index (χ1) is 9.97. The summed E-state index contributed by atoms with van der Waals surface area (Å²) in [6, 6.07) is 14.3. The number of carbonyl (C=O) groups excluding carboxylic acids is 1. The Bertz CT molecular complexity index is 619. The Hall–Kier alpha value is -1.87. The molecule has 1 amide bonds. The molecule has 0 saturated heterocycles. The van der Waals surface area contributed by atoms with Crippen LogP contribution >= 0.6 is 0 Å². The van der Waals surface area contributed by atoms with Crippen LogP contribution in [0, 0.1) is 0 Å². The first-order valence-corrected chi connectivity index (χ1v) is 7.42. The molecular formula is C18H23NO2. The second-order valence-electron chi connectivity index (χ2n) is 5.85. The van der Waals surface area contributed by atoms with E-state index >= 15 is 0 Å². The van der Waals surface area contributed by atoms with E-state index in [2.05, 4.69) is 18.2 Å². The van der Waals surface area contributed by atoms with Crippen LogP contribution in [0.2, 0.25) is 0 Å². The van der Waals surface area contributed by atoms with Gasteiger partial charge in [-0.1, -0.05) is 42.5 Å². The zero-order chi connectivity index (χ0) is 15.4. The average molecular weight is 285 g/mol. The second-order valence-corrected chi connectivity index (χ2v) is 5.85. The Balaban J connectivity index is 2.15. The Morgan fingerprint density at radius 2 is 1.76 bits per heavy atom. The van der Waals surface area contributed by atoms with E-state index in [4.69, 9.17) is 0 Å². The summed E-state index contributed by atoms with van der Waals surface area (Å²) in [7, 11) is 0. The van der Waals surface area contributed by atoms with E-state index in [1.54, 1.807) is 11.8 Å². The number of rotatable bonds is 5. The van der Waals surface area contributed by atoms with Gasteiger partial charge >= 0.3 is 0 Å². The van der Waals surface area contributed by atoms with Crippen LogP contribution in [0.5, 0.6) is 0 Å². The molecule has 2 rings (SSSR count). The van der Waals surface area contributed by atoms with Crippen molar-refractivity contribution in [1.29, 1.82) is 0 Å². The van der Waals surface area contributed by atoms with Crippen molar-refractivity contribution in [3.63, 3.8) is 0 Å². The van der Waals surface area contributed by atoms with Gasteiger partial charge < -0.3 is 10.0 Å². The Morgan fingerprint density at radius 1 is 1.10 bits per heavy atom. The van der Waals surface area contributed by atoms with E-state index < -0.39 is 6.10 Å². The van der Waals surface area contributed by atoms with Crippen LogP contribution in [-0.2, 0) is 11.2 Å². The number of fused-ring (bicyclic) bond motifs is 1. The lowest BCUT2D eigenvalue weighted by Gasteiger charge is -2.28. The van der Waals surface area contributed by atoms with Crippen molar-refractivity contribution in [2.75, 3.05) is 6.54 Å². The monoisotopic (exact) mass is 285 g/mol. The van der Waals surface area contributed by atoms with Crippen LogP contribution in [0.15, 0.2) is 42.5 Å². The molecule has 0 spiro atoms. The predicted molar refractivity (Wildman–Crippen MR) is 86.2 cm³/mol. The number of hydrogen-bond acceptors (Lipinski definition) is 2. The van der Waals surface area contributed by atoms with Gasteiger partial charge in [0.25, 0.3) is 0 Å². The normalized spacial score (nSPS) is 12.6. The van der Waals surface area contributed by atoms with Crippen molar-refractivity contribution in [3.05, 3.63) is 48.0 Å². The van der Waals surface area contributed by atoms with Crippen LogP contribution in [0.3, 0.4) is 0 Å². The third kappa shape index (κ3) is 4.05. The van der Waals surface area contributed by atoms with Crippen LogP contribution in [0.25, 0.3) is 10.8 Å². The van der Waals surface area contributed by atoms with Gasteiger partial charge in [0.1, 0.15) is 0 Å². The molecule has 0 radical (unpaired) electrons. The number of aliphatic hydroxyl groups is 1. The highest BCUT2D eigenvalue weighted by molar-refractivity contribution is 5.85. The van der Waals surface area contributed by atoms with Crippen LogP contribution in [0.1, 0.15) is 26.3 Å². The highest BCUT2D eigenvalue weighted by Crippen LogP contribution is 2.17. The number of hydrogen-bond donors (Lipinski definition) is 1. The van der Waals surface area contributed by atoms with Gasteiger partial charge in [-0.05, 0) is 37.1 Å². The third-order valence-corrected chi connectivity index (χ3v) is 3.57. The summed E-state index contributed by atoms with van der Waals surface area (Å²) in [4.78, 5) is 14.2. The molecule has 2 aromatic carbocycles. The largest absolute Gasteiger partial charge is 0.392 e. The van der Waals surface area contributed by atoms with Crippen molar-refractivity contribution in [3.8, 4) is 0 Å². The second kappa shape index (κ2) is 6.72. The van der Waals surface area contributed by atoms with Gasteiger partial charge in [-0.3, -0.25) is 4.79 Å². The maximum Gasteiger partial charge on any atom is 0.227 e. The number of carbonyl (C=O) groups is 1. The highest BCUT2D eigenvalue weighted by Gasteiger charge is 2.18. The summed E-state index contributed by atoms with van der Waals surface area (Å²) < 4.78 is 0. The number of aliphatic hydroxyl groups excluding tert-OH is 1. The molecular weight excluding hydrogens is 262 g/mol. The lowest BCUT2D eigenvalue weighted by atomic mass is 10.0. The van der Waals surface area contributed by atoms with E-state index in [1.165, 1.54) is 5.39 Å². The minimum Gasteiger partial charge on any atom is -0.392 e. The van der Waals surface area contributed by atoms with E-state index in [9.17, 15) is 9.90 Å². The van der Waals surface area contributed by atoms with Crippen molar-refractivity contribution in [2.45, 2.75) is 39.3 Å². The fourth-order valence-electron chi connectivity index (χ4n) is 2.51. The first kappa shape index (κ1) is 15.5. The minimum atomic E-state index is -0.507. The van der Waals surface area contributed by atoms with Crippen molar-refractivity contribution < 1.29 is 9.90 Å². The lowest BCUT2D eigenvalue weighted by molar-refractivity contribution is -0.133. The molecule has 0 aromatic heterocycles. The molecule has 0 fully saturated rings. The fourth-order valence-corrected chi connectivity index (χ4v) is 2.51. The van der Waals surface area contributed by atoms with Crippen LogP contribution < -0.4 is 0 Å². The number of nitrogens with zero attached hydrogens (tertiary/aromatic N) is 1. The topological polar surface area (TPSA) is 40.5 Å². The molecule has 112 valence electrons. The van der Waals surface area contributed by atoms with Crippen LogP contribution in [0.4, 0.5) is 0 Å². The molecule has 2 aromatic rings. The van der Waals surface area contributed by atoms with E-state index in [0.29, 0.717) is 13.0 Å². The summed E-state index contributed by atoms with van der Waals surface area (Å²) >= 11 is 0. The summed E-state index contributed by atoms with van der Waals surface area (Å²) in [6.45, 7) is 6.03. The fraction of sp³-hybridized carbons (Fsp3) is 0.389. The number of benzene rings is 2. The molecule has 0 heterocycles. The van der Waals surface area contributed by atoms with Gasteiger partial charge in [0, 0.05) is 12.6 Å². The lowest BCUT2D eigenvalue weighted by Crippen LogP contribution is -2.42. The quantitative estimate of drug-likeness (QED) is 0.917. The van der Waals surface area contributed by atoms with Gasteiger partial charge in [0.05, 0.1) is 12.5 Å². The van der Waals surface area contributed by atoms with Gasteiger partial charge in [0.15, 0.2) is 0 Å². The van der Waals surface area contributed by atoms with Gasteiger partial charge in [-0.25, -0.2) is 0 Å². The molecule has 3 nitrogen and oxygen atoms in total. The van der Waals surface area contributed by atoms with E-state index in [1.807, 2.05) is 38.1 Å². The highest BCUT2D eigenvalue weighted by atomic mass is 16.3. The SMILES string of the molecule is CC(O)CN(C(=O)Cc1ccc2ccccc2c1)C(C)C. The molecule has 1 atom stereocenters. The summed E-state index contributed by atoms with van der Waals surface area (Å²) in [6.07, 6.45) is -0.136. The molecule has 1 unspecified atom stereocenters. The average Bonchev–Trinajstić information content (AvgIpc) is 2.44. The Labute approximate surface area is 126 Å². The maximum absolute atomic E-state index is 12.4. The first-order valence-electron chi connectivity index (χ1n) is 7.42. The van der Waals surface area contributed by atoms with E-state index in [-0.39, 0.29) is 11.9 Å². The zero-order valence-corrected chi connectivity index (χ0v) is 12.9. The molecule has 1 N–H and O–H groups in total. The minimum absolute atomic E-state index is 0.0566. The molecule has 0 aliphatic heterocycles. The standard InChI is InChI=1S/C18H23NO2/c1-13(2)19(12-14(3)20)18(21)11-15-8-9-16-6-4-5-7-17(16)10-15/h4-10,13-14,20H,11-12H2,1-3H3. The molecule has 0 aliphatic rings. The molecule has 0 aliphatic carbocycles. The molecule has 21 heavy (non-hydrogen) atoms. The van der Waals surface area contributed by atoms with Gasteiger partial charge in [-0.15, -0.1) is 0 Å². The van der Waals surface area contributed by atoms with Crippen molar-refractivity contribution >= 4 is 16.7 Å². The third-order valence-electron chi connectivity index (χ3n) is 3.57. The maximum atomic E-state index is 12.4. The zero-order valence-electron chi connectivity index (χ0n) is 12.9. The van der Waals surface area contributed by atoms with Gasteiger partial charge in [0.2, 0.25) is 5.91 Å². The predicted octanol–water partition coefficient (Wildman–Crippen LogP) is 3.00. The summed E-state index contributed by atoms with van der Waals surface area (Å²) in [5.74, 6) is 0.0566. The van der Waals surface area contributed by atoms with Crippen LogP contribution in [-0.4, -0.2) is 34.6 Å². The summed E-state index contributed by atoms with van der Waals surface area (Å²) in [5, 5.41) is 11.9. The molecule has 0 bridgehead atoms. The Morgan fingerprint density at radius 3 is 2.38 bits per heavy atom. The van der Waals surface area contributed by atoms with Crippen molar-refractivity contribution in [1.82, 2.24) is 4.90 Å². The smallest absolute Gasteiger partial charge is 0.227 e. The number of amides is 1. The molecule has 3 heteroatoms. The molecule has 0 saturated carbocycles. The summed E-state index contributed by atoms with van der Waals surface area (Å²) in [5.41, 5.74) is 1.01.